The third-order valence-corrected chi connectivity index (χ3v) is 8.29. The lowest BCUT2D eigenvalue weighted by atomic mass is 10.1. The van der Waals surface area contributed by atoms with E-state index in [0.717, 1.165) is 10.9 Å². The van der Waals surface area contributed by atoms with Crippen LogP contribution in [0.1, 0.15) is 18.9 Å². The Balaban J connectivity index is 1.32. The molecule has 3 aromatic rings. The molecule has 252 valence electrons. The average Bonchev–Trinajstić information content (AvgIpc) is 3.66. The second kappa shape index (κ2) is 13.4. The van der Waals surface area contributed by atoms with Crippen molar-refractivity contribution in [3.05, 3.63) is 35.4 Å². The Morgan fingerprint density at radius 3 is 2.50 bits per heavy atom. The molecule has 8 atom stereocenters. The van der Waals surface area contributed by atoms with Gasteiger partial charge in [-0.3, -0.25) is 22.7 Å². The molecule has 0 radical (unpaired) electrons. The zero-order valence-corrected chi connectivity index (χ0v) is 25.0. The Bertz CT molecular complexity index is 1730. The van der Waals surface area contributed by atoms with Gasteiger partial charge in [0.2, 0.25) is 0 Å². The molecule has 2 aliphatic heterocycles. The van der Waals surface area contributed by atoms with Gasteiger partial charge in [0, 0.05) is 12.6 Å². The number of nitrogens with two attached hydrogens (primary N) is 2. The number of aliphatic hydroxyl groups excluding tert-OH is 2. The van der Waals surface area contributed by atoms with Crippen LogP contribution in [0.25, 0.3) is 11.2 Å². The van der Waals surface area contributed by atoms with Crippen molar-refractivity contribution in [2.75, 3.05) is 31.3 Å². The molecule has 3 aromatic heterocycles. The van der Waals surface area contributed by atoms with Gasteiger partial charge in [-0.1, -0.05) is 0 Å². The van der Waals surface area contributed by atoms with Crippen LogP contribution in [-0.2, 0) is 41.7 Å². The number of carbonyl (C=O) groups excluding carboxylic acids is 1. The summed E-state index contributed by atoms with van der Waals surface area (Å²) in [6.07, 6.45) is -6.72. The summed E-state index contributed by atoms with van der Waals surface area (Å²) in [5, 5.41) is 20.2. The van der Waals surface area contributed by atoms with Gasteiger partial charge in [0.05, 0.1) is 19.5 Å². The normalized spacial score (nSPS) is 28.0. The molecule has 25 heteroatoms. The Morgan fingerprint density at radius 1 is 1.07 bits per heavy atom. The van der Waals surface area contributed by atoms with E-state index in [1.807, 2.05) is 0 Å². The van der Waals surface area contributed by atoms with E-state index >= 15 is 0 Å². The predicted molar refractivity (Wildman–Crippen MR) is 147 cm³/mol. The molecule has 0 bridgehead atoms. The van der Waals surface area contributed by atoms with Crippen LogP contribution in [0.5, 0.6) is 0 Å². The van der Waals surface area contributed by atoms with Crippen LogP contribution in [-0.4, -0.2) is 110 Å². The van der Waals surface area contributed by atoms with Gasteiger partial charge < -0.3 is 50.6 Å². The van der Waals surface area contributed by atoms with Crippen molar-refractivity contribution >= 4 is 44.4 Å². The van der Waals surface area contributed by atoms with E-state index in [-0.39, 0.29) is 29.2 Å². The van der Waals surface area contributed by atoms with Crippen molar-refractivity contribution < 1.29 is 66.6 Å². The number of anilines is 2. The molecule has 23 nitrogen and oxygen atoms in total. The SMILES string of the molecule is Nc1ccn([C@H]2C[C@H](OP(=O)(O)OCC3OC(n4cnc5c(N)ncnc54)C(O)C3OC(=O)CO)[C@@H](COP(=O)(O)O)O2)c(=O)n1. The molecular weight excluding hydrogens is 666 g/mol. The summed E-state index contributed by atoms with van der Waals surface area (Å²) in [5.41, 5.74) is 10.8. The highest BCUT2D eigenvalue weighted by atomic mass is 31.2. The maximum Gasteiger partial charge on any atom is 0.472 e. The van der Waals surface area contributed by atoms with Gasteiger partial charge in [0.15, 0.2) is 23.8 Å². The maximum absolute atomic E-state index is 13.1. The smallest absolute Gasteiger partial charge is 0.455 e. The number of hydrogen-bond acceptors (Lipinski definition) is 18. The highest BCUT2D eigenvalue weighted by Gasteiger charge is 2.49. The van der Waals surface area contributed by atoms with E-state index < -0.39 is 90.1 Å². The Morgan fingerprint density at radius 2 is 1.80 bits per heavy atom. The predicted octanol–water partition coefficient (Wildman–Crippen LogP) is -2.69. The van der Waals surface area contributed by atoms with Crippen LogP contribution in [0.15, 0.2) is 29.7 Å². The number of imidazole rings is 1. The van der Waals surface area contributed by atoms with Gasteiger partial charge in [0.25, 0.3) is 0 Å². The number of nitrogens with zero attached hydrogens (tertiary/aromatic N) is 6. The number of carbonyl (C=O) groups is 1. The second-order valence-electron chi connectivity index (χ2n) is 9.85. The number of phosphoric ester groups is 2. The largest absolute Gasteiger partial charge is 0.472 e. The molecule has 2 fully saturated rings. The number of hydrogen-bond donors (Lipinski definition) is 7. The summed E-state index contributed by atoms with van der Waals surface area (Å²) in [6, 6.07) is 1.28. The summed E-state index contributed by atoms with van der Waals surface area (Å²) >= 11 is 0. The third-order valence-electron chi connectivity index (χ3n) is 6.79. The fourth-order valence-corrected chi connectivity index (χ4v) is 6.09. The van der Waals surface area contributed by atoms with Crippen LogP contribution in [0, 0.1) is 0 Å². The van der Waals surface area contributed by atoms with Crippen molar-refractivity contribution in [3.63, 3.8) is 0 Å². The van der Waals surface area contributed by atoms with Crippen molar-refractivity contribution in [3.8, 4) is 0 Å². The van der Waals surface area contributed by atoms with E-state index in [2.05, 4.69) is 24.5 Å². The second-order valence-corrected chi connectivity index (χ2v) is 12.5. The monoisotopic (exact) mass is 694 g/mol. The molecule has 9 N–H and O–H groups in total. The average molecular weight is 694 g/mol. The molecule has 0 aliphatic carbocycles. The fourth-order valence-electron chi connectivity index (χ4n) is 4.79. The number of fused-ring (bicyclic) bond motifs is 1. The summed E-state index contributed by atoms with van der Waals surface area (Å²) in [6.45, 7) is -2.72. The third kappa shape index (κ3) is 7.57. The first-order valence-corrected chi connectivity index (χ1v) is 16.1. The zero-order valence-electron chi connectivity index (χ0n) is 23.2. The summed E-state index contributed by atoms with van der Waals surface area (Å²) < 4.78 is 57.9. The highest BCUT2D eigenvalue weighted by molar-refractivity contribution is 7.47. The molecule has 0 saturated carbocycles. The lowest BCUT2D eigenvalue weighted by Crippen LogP contribution is -2.39. The molecule has 46 heavy (non-hydrogen) atoms. The number of esters is 1. The van der Waals surface area contributed by atoms with Crippen molar-refractivity contribution in [2.24, 2.45) is 0 Å². The van der Waals surface area contributed by atoms with Gasteiger partial charge in [-0.2, -0.15) is 4.98 Å². The number of phosphoric acid groups is 2. The Kier molecular flexibility index (Phi) is 9.84. The quantitative estimate of drug-likeness (QED) is 0.0749. The number of nitrogen functional groups attached to an aromatic ring is 2. The fraction of sp³-hybridized carbons (Fsp3) is 0.524. The van der Waals surface area contributed by atoms with Crippen LogP contribution < -0.4 is 17.2 Å². The summed E-state index contributed by atoms with van der Waals surface area (Å²) in [4.78, 5) is 68.6. The first kappa shape index (κ1) is 33.9. The van der Waals surface area contributed by atoms with Crippen LogP contribution >= 0.6 is 15.6 Å². The minimum atomic E-state index is -5.11. The van der Waals surface area contributed by atoms with Crippen molar-refractivity contribution in [1.82, 2.24) is 29.1 Å². The maximum atomic E-state index is 13.1. The number of aliphatic hydroxyl groups is 2. The summed E-state index contributed by atoms with van der Waals surface area (Å²) in [7, 11) is -10.1. The summed E-state index contributed by atoms with van der Waals surface area (Å²) in [5.74, 6) is -1.22. The van der Waals surface area contributed by atoms with Crippen LogP contribution in [0.2, 0.25) is 0 Å². The molecule has 5 unspecified atom stereocenters. The first-order valence-electron chi connectivity index (χ1n) is 13.1. The standard InChI is InChI=1S/C21H28N8O15P2/c22-12-1-2-28(21(33)27-12)13-3-9(10(41-13)5-39-45(34,35)36)44-46(37,38)40-6-11-17(43-14(31)4-30)16(32)20(42-11)29-8-26-15-18(23)24-7-25-19(15)29/h1-2,7-11,13,16-17,20,30,32H,3-6H2,(H,37,38)(H2,22,27,33)(H2,23,24,25)(H2,34,35,36)/t9-,10+,11?,13+,16?,17?,20?/m0/s1. The molecule has 0 spiro atoms. The lowest BCUT2D eigenvalue weighted by molar-refractivity contribution is -0.159. The lowest BCUT2D eigenvalue weighted by Gasteiger charge is -2.23. The first-order chi connectivity index (χ1) is 21.7. The Hall–Kier alpha value is -3.44. The number of ether oxygens (including phenoxy) is 3. The van der Waals surface area contributed by atoms with Gasteiger partial charge in [0.1, 0.15) is 54.9 Å². The van der Waals surface area contributed by atoms with E-state index in [9.17, 15) is 33.8 Å². The molecule has 2 saturated heterocycles. The molecule has 5 heterocycles. The van der Waals surface area contributed by atoms with Gasteiger partial charge in [-0.25, -0.2) is 33.7 Å². The molecule has 2 aliphatic rings. The van der Waals surface area contributed by atoms with E-state index in [4.69, 9.17) is 44.5 Å². The van der Waals surface area contributed by atoms with Crippen LogP contribution in [0.4, 0.5) is 11.6 Å². The van der Waals surface area contributed by atoms with Crippen molar-refractivity contribution in [2.45, 2.75) is 49.4 Å². The molecule has 0 amide bonds. The molecular formula is C21H28N8O15P2. The van der Waals surface area contributed by atoms with Crippen LogP contribution in [0.3, 0.4) is 0 Å². The molecule has 5 rings (SSSR count). The van der Waals surface area contributed by atoms with Gasteiger partial charge in [-0.15, -0.1) is 0 Å². The van der Waals surface area contributed by atoms with Gasteiger partial charge in [-0.05, 0) is 6.07 Å². The topological polar surface area (TPSA) is 338 Å². The Labute approximate surface area is 256 Å². The van der Waals surface area contributed by atoms with E-state index in [1.165, 1.54) is 23.2 Å². The number of rotatable bonds is 12. The van der Waals surface area contributed by atoms with Gasteiger partial charge >= 0.3 is 27.3 Å². The number of aromatic nitrogens is 6. The van der Waals surface area contributed by atoms with Crippen molar-refractivity contribution in [1.29, 1.82) is 0 Å². The molecule has 0 aromatic carbocycles. The minimum absolute atomic E-state index is 0.0258. The minimum Gasteiger partial charge on any atom is -0.455 e. The highest BCUT2D eigenvalue weighted by Crippen LogP contribution is 2.50. The zero-order chi connectivity index (χ0) is 33.4. The van der Waals surface area contributed by atoms with E-state index in [0.29, 0.717) is 0 Å². The van der Waals surface area contributed by atoms with E-state index in [1.54, 1.807) is 0 Å².